The number of amides is 1. The molecule has 0 aromatic heterocycles. The van der Waals surface area contributed by atoms with Gasteiger partial charge in [-0.2, -0.15) is 4.31 Å². The molecule has 1 saturated heterocycles. The van der Waals surface area contributed by atoms with E-state index < -0.39 is 16.0 Å². The highest BCUT2D eigenvalue weighted by molar-refractivity contribution is 7.89. The molecule has 1 heterocycles. The fraction of sp³-hybridized carbons (Fsp3) is 0.619. The molecule has 2 atom stereocenters. The molecule has 1 aliphatic carbocycles. The molecule has 3 rings (SSSR count). The Bertz CT molecular complexity index is 816. The predicted molar refractivity (Wildman–Crippen MR) is 109 cm³/mol. The van der Waals surface area contributed by atoms with Gasteiger partial charge in [-0.1, -0.05) is 26.2 Å². The van der Waals surface area contributed by atoms with Gasteiger partial charge in [-0.3, -0.25) is 4.79 Å². The zero-order valence-electron chi connectivity index (χ0n) is 16.9. The molecule has 8 heteroatoms. The highest BCUT2D eigenvalue weighted by atomic mass is 32.2. The Labute approximate surface area is 172 Å². The van der Waals surface area contributed by atoms with Gasteiger partial charge in [-0.15, -0.1) is 0 Å². The van der Waals surface area contributed by atoms with Gasteiger partial charge >= 0.3 is 5.97 Å². The van der Waals surface area contributed by atoms with Crippen LogP contribution in [0.3, 0.4) is 0 Å². The lowest BCUT2D eigenvalue weighted by molar-refractivity contribution is -0.125. The second-order valence-corrected chi connectivity index (χ2v) is 9.94. The van der Waals surface area contributed by atoms with Crippen molar-refractivity contribution in [3.05, 3.63) is 29.8 Å². The van der Waals surface area contributed by atoms with Gasteiger partial charge in [-0.25, -0.2) is 13.2 Å². The topological polar surface area (TPSA) is 92.8 Å². The first-order chi connectivity index (χ1) is 13.9. The zero-order chi connectivity index (χ0) is 20.9. The number of nitrogens with zero attached hydrogens (tertiary/aromatic N) is 1. The molecule has 0 unspecified atom stereocenters. The third-order valence-corrected chi connectivity index (χ3v) is 7.75. The van der Waals surface area contributed by atoms with E-state index in [1.54, 1.807) is 0 Å². The first-order valence-electron chi connectivity index (χ1n) is 10.4. The first kappa shape index (κ1) is 21.8. The summed E-state index contributed by atoms with van der Waals surface area (Å²) in [6.07, 6.45) is 7.11. The van der Waals surface area contributed by atoms with E-state index in [2.05, 4.69) is 12.2 Å². The van der Waals surface area contributed by atoms with Crippen molar-refractivity contribution in [3.8, 4) is 0 Å². The molecular weight excluding hydrogens is 392 g/mol. The van der Waals surface area contributed by atoms with Gasteiger partial charge in [0, 0.05) is 19.1 Å². The van der Waals surface area contributed by atoms with Crippen LogP contribution in [0.15, 0.2) is 29.2 Å². The van der Waals surface area contributed by atoms with Gasteiger partial charge in [0.25, 0.3) is 5.91 Å². The van der Waals surface area contributed by atoms with E-state index in [-0.39, 0.29) is 29.0 Å². The van der Waals surface area contributed by atoms with Crippen LogP contribution < -0.4 is 5.32 Å². The standard InChI is InChI=1S/C21H30N2O5S/c1-16-7-3-4-8-19(16)22-20(24)15-28-21(25)17-9-11-18(12-10-17)29(26,27)23-13-5-2-6-14-23/h9-12,16,19H,2-8,13-15H2,1H3,(H,22,24)/t16-,19+/m1/s1. The molecule has 1 aliphatic heterocycles. The number of carbonyl (C=O) groups is 2. The number of carbonyl (C=O) groups excluding carboxylic acids is 2. The molecule has 7 nitrogen and oxygen atoms in total. The average Bonchev–Trinajstić information content (AvgIpc) is 2.74. The van der Waals surface area contributed by atoms with Gasteiger partial charge in [0.1, 0.15) is 0 Å². The van der Waals surface area contributed by atoms with E-state index in [1.807, 2.05) is 0 Å². The molecule has 29 heavy (non-hydrogen) atoms. The number of rotatable bonds is 6. The number of hydrogen-bond donors (Lipinski definition) is 1. The summed E-state index contributed by atoms with van der Waals surface area (Å²) in [5.41, 5.74) is 0.224. The number of nitrogens with one attached hydrogen (secondary N) is 1. The van der Waals surface area contributed by atoms with E-state index in [9.17, 15) is 18.0 Å². The van der Waals surface area contributed by atoms with E-state index in [1.165, 1.54) is 35.0 Å². The average molecular weight is 423 g/mol. The summed E-state index contributed by atoms with van der Waals surface area (Å²) in [7, 11) is -3.53. The Hall–Kier alpha value is -1.93. The minimum Gasteiger partial charge on any atom is -0.452 e. The molecule has 2 aliphatic rings. The Morgan fingerprint density at radius 2 is 1.69 bits per heavy atom. The van der Waals surface area contributed by atoms with Crippen LogP contribution in [0.1, 0.15) is 62.2 Å². The number of ether oxygens (including phenoxy) is 1. The maximum Gasteiger partial charge on any atom is 0.338 e. The summed E-state index contributed by atoms with van der Waals surface area (Å²) in [4.78, 5) is 24.5. The lowest BCUT2D eigenvalue weighted by Crippen LogP contribution is -2.42. The Balaban J connectivity index is 1.52. The molecule has 1 aromatic rings. The Morgan fingerprint density at radius 1 is 1.03 bits per heavy atom. The summed E-state index contributed by atoms with van der Waals surface area (Å²) in [6.45, 7) is 2.84. The van der Waals surface area contributed by atoms with Crippen molar-refractivity contribution in [3.63, 3.8) is 0 Å². The number of benzene rings is 1. The Kier molecular flexibility index (Phi) is 7.29. The summed E-state index contributed by atoms with van der Waals surface area (Å²) in [5.74, 6) is -0.516. The monoisotopic (exact) mass is 422 g/mol. The molecule has 0 spiro atoms. The molecule has 160 valence electrons. The number of piperidine rings is 1. The second kappa shape index (κ2) is 9.71. The predicted octanol–water partition coefficient (Wildman–Crippen LogP) is 2.71. The van der Waals surface area contributed by atoms with Crippen molar-refractivity contribution in [2.24, 2.45) is 5.92 Å². The summed E-state index contributed by atoms with van der Waals surface area (Å²) in [5, 5.41) is 2.94. The lowest BCUT2D eigenvalue weighted by atomic mass is 9.86. The molecule has 1 aromatic carbocycles. The van der Waals surface area contributed by atoms with Crippen molar-refractivity contribution in [1.82, 2.24) is 9.62 Å². The van der Waals surface area contributed by atoms with Crippen molar-refractivity contribution in [2.45, 2.75) is 62.8 Å². The van der Waals surface area contributed by atoms with Crippen LogP contribution in [0.4, 0.5) is 0 Å². The SMILES string of the molecule is C[C@@H]1CCCC[C@@H]1NC(=O)COC(=O)c1ccc(S(=O)(=O)N2CCCCC2)cc1. The number of esters is 1. The molecule has 0 bridgehead atoms. The van der Waals surface area contributed by atoms with E-state index >= 15 is 0 Å². The van der Waals surface area contributed by atoms with E-state index in [0.29, 0.717) is 19.0 Å². The first-order valence-corrected chi connectivity index (χ1v) is 11.9. The summed E-state index contributed by atoms with van der Waals surface area (Å²) < 4.78 is 31.9. The van der Waals surface area contributed by atoms with E-state index in [0.717, 1.165) is 38.5 Å². The number of sulfonamides is 1. The van der Waals surface area contributed by atoms with Crippen LogP contribution in [-0.2, 0) is 19.6 Å². The molecule has 1 saturated carbocycles. The van der Waals surface area contributed by atoms with Gasteiger partial charge in [0.2, 0.25) is 10.0 Å². The van der Waals surface area contributed by atoms with Crippen molar-refractivity contribution >= 4 is 21.9 Å². The minimum absolute atomic E-state index is 0.134. The molecule has 0 radical (unpaired) electrons. The van der Waals surface area contributed by atoms with Crippen molar-refractivity contribution in [1.29, 1.82) is 0 Å². The normalized spacial score (nSPS) is 23.3. The summed E-state index contributed by atoms with van der Waals surface area (Å²) >= 11 is 0. The van der Waals surface area contributed by atoms with Crippen molar-refractivity contribution < 1.29 is 22.7 Å². The molecule has 1 amide bonds. The molecular formula is C21H30N2O5S. The fourth-order valence-corrected chi connectivity index (χ4v) is 5.53. The quantitative estimate of drug-likeness (QED) is 0.712. The molecule has 1 N–H and O–H groups in total. The lowest BCUT2D eigenvalue weighted by Gasteiger charge is -2.29. The van der Waals surface area contributed by atoms with Gasteiger partial charge < -0.3 is 10.1 Å². The second-order valence-electron chi connectivity index (χ2n) is 8.00. The molecule has 2 fully saturated rings. The highest BCUT2D eigenvalue weighted by Gasteiger charge is 2.26. The third kappa shape index (κ3) is 5.57. The van der Waals surface area contributed by atoms with Crippen LogP contribution in [0.2, 0.25) is 0 Å². The minimum atomic E-state index is -3.53. The van der Waals surface area contributed by atoms with Gasteiger partial charge in [0.05, 0.1) is 10.5 Å². The maximum atomic E-state index is 12.7. The van der Waals surface area contributed by atoms with Crippen LogP contribution in [-0.4, -0.2) is 50.3 Å². The smallest absolute Gasteiger partial charge is 0.338 e. The van der Waals surface area contributed by atoms with Crippen LogP contribution in [0.25, 0.3) is 0 Å². The van der Waals surface area contributed by atoms with Crippen LogP contribution in [0, 0.1) is 5.92 Å². The van der Waals surface area contributed by atoms with Gasteiger partial charge in [-0.05, 0) is 55.9 Å². The van der Waals surface area contributed by atoms with Crippen LogP contribution in [0.5, 0.6) is 0 Å². The largest absolute Gasteiger partial charge is 0.452 e. The highest BCUT2D eigenvalue weighted by Crippen LogP contribution is 2.24. The zero-order valence-corrected chi connectivity index (χ0v) is 17.7. The van der Waals surface area contributed by atoms with Gasteiger partial charge in [0.15, 0.2) is 6.61 Å². The van der Waals surface area contributed by atoms with Crippen LogP contribution >= 0.6 is 0 Å². The fourth-order valence-electron chi connectivity index (χ4n) is 4.01. The maximum absolute atomic E-state index is 12.7. The Morgan fingerprint density at radius 3 is 2.34 bits per heavy atom. The van der Waals surface area contributed by atoms with E-state index in [4.69, 9.17) is 4.74 Å². The number of hydrogen-bond acceptors (Lipinski definition) is 5. The summed E-state index contributed by atoms with van der Waals surface area (Å²) in [6, 6.07) is 5.84. The van der Waals surface area contributed by atoms with Crippen molar-refractivity contribution in [2.75, 3.05) is 19.7 Å². The third-order valence-electron chi connectivity index (χ3n) is 5.84.